The molecule has 0 radical (unpaired) electrons. The summed E-state index contributed by atoms with van der Waals surface area (Å²) >= 11 is 1.70. The number of thiophene rings is 1. The highest BCUT2D eigenvalue weighted by atomic mass is 32.1. The second kappa shape index (κ2) is 9.94. The van der Waals surface area contributed by atoms with Gasteiger partial charge in [0.25, 0.3) is 0 Å². The van der Waals surface area contributed by atoms with Gasteiger partial charge in [-0.2, -0.15) is 0 Å². The number of nitrogens with zero attached hydrogens (tertiary/aromatic N) is 2. The molecule has 31 heavy (non-hydrogen) atoms. The molecule has 1 aliphatic heterocycles. The number of amides is 2. The van der Waals surface area contributed by atoms with Crippen LogP contribution < -0.4 is 15.5 Å². The van der Waals surface area contributed by atoms with Gasteiger partial charge in [0.1, 0.15) is 5.82 Å². The van der Waals surface area contributed by atoms with E-state index in [0.717, 1.165) is 31.9 Å². The molecule has 0 saturated carbocycles. The molecule has 2 aromatic carbocycles. The first-order valence-electron chi connectivity index (χ1n) is 10.5. The van der Waals surface area contributed by atoms with Crippen LogP contribution in [0.1, 0.15) is 17.8 Å². The van der Waals surface area contributed by atoms with Crippen molar-refractivity contribution >= 4 is 28.7 Å². The fourth-order valence-electron chi connectivity index (χ4n) is 4.13. The average Bonchev–Trinajstić information content (AvgIpc) is 3.30. The number of carbonyl (C=O) groups excluding carboxylic acids is 1. The van der Waals surface area contributed by atoms with Crippen LogP contribution in [0.5, 0.6) is 0 Å². The Bertz CT molecular complexity index is 974. The van der Waals surface area contributed by atoms with Crippen LogP contribution in [0.2, 0.25) is 0 Å². The number of nitrogens with one attached hydrogen (secondary N) is 2. The van der Waals surface area contributed by atoms with E-state index in [4.69, 9.17) is 0 Å². The molecule has 1 aliphatic rings. The van der Waals surface area contributed by atoms with Crippen LogP contribution in [0.4, 0.5) is 20.6 Å². The van der Waals surface area contributed by atoms with Crippen LogP contribution in [0.25, 0.3) is 0 Å². The summed E-state index contributed by atoms with van der Waals surface area (Å²) in [4.78, 5) is 18.3. The monoisotopic (exact) mass is 438 g/mol. The molecule has 4 rings (SSSR count). The van der Waals surface area contributed by atoms with Gasteiger partial charge < -0.3 is 15.5 Å². The molecular weight excluding hydrogens is 411 g/mol. The molecular formula is C24H27FN4OS. The summed E-state index contributed by atoms with van der Waals surface area (Å²) < 4.78 is 14.2. The molecule has 0 bridgehead atoms. The molecule has 2 atom stereocenters. The number of piperazine rings is 1. The molecule has 5 nitrogen and oxygen atoms in total. The van der Waals surface area contributed by atoms with Gasteiger partial charge >= 0.3 is 6.03 Å². The van der Waals surface area contributed by atoms with Gasteiger partial charge in [0.2, 0.25) is 0 Å². The first kappa shape index (κ1) is 21.3. The predicted molar refractivity (Wildman–Crippen MR) is 125 cm³/mol. The van der Waals surface area contributed by atoms with Gasteiger partial charge in [-0.1, -0.05) is 36.4 Å². The molecule has 1 aromatic heterocycles. The molecule has 0 aliphatic carbocycles. The van der Waals surface area contributed by atoms with Crippen molar-refractivity contribution in [2.45, 2.75) is 19.0 Å². The lowest BCUT2D eigenvalue weighted by Gasteiger charge is -2.42. The smallest absolute Gasteiger partial charge is 0.319 e. The Labute approximate surface area is 186 Å². The molecule has 3 aromatic rings. The van der Waals surface area contributed by atoms with Gasteiger partial charge in [0.05, 0.1) is 11.7 Å². The maximum Gasteiger partial charge on any atom is 0.319 e. The van der Waals surface area contributed by atoms with Gasteiger partial charge in [-0.3, -0.25) is 4.90 Å². The predicted octanol–water partition coefficient (Wildman–Crippen LogP) is 4.96. The Balaban J connectivity index is 1.42. The van der Waals surface area contributed by atoms with E-state index in [9.17, 15) is 9.18 Å². The Kier molecular flexibility index (Phi) is 6.84. The topological polar surface area (TPSA) is 47.6 Å². The number of hydrogen-bond donors (Lipinski definition) is 2. The fraction of sp³-hybridized carbons (Fsp3) is 0.292. The highest BCUT2D eigenvalue weighted by molar-refractivity contribution is 7.10. The quantitative estimate of drug-likeness (QED) is 0.572. The number of benzene rings is 2. The number of hydrogen-bond acceptors (Lipinski definition) is 4. The largest absolute Gasteiger partial charge is 0.367 e. The fourth-order valence-corrected chi connectivity index (χ4v) is 5.09. The molecule has 2 N–H and O–H groups in total. The summed E-state index contributed by atoms with van der Waals surface area (Å²) in [5.41, 5.74) is 1.42. The van der Waals surface area contributed by atoms with E-state index in [-0.39, 0.29) is 23.9 Å². The third kappa shape index (κ3) is 5.24. The molecule has 2 unspecified atom stereocenters. The van der Waals surface area contributed by atoms with Crippen molar-refractivity contribution in [1.29, 1.82) is 0 Å². The summed E-state index contributed by atoms with van der Waals surface area (Å²) in [7, 11) is 0. The maximum absolute atomic E-state index is 14.2. The Morgan fingerprint density at radius 3 is 2.35 bits per heavy atom. The number of urea groups is 1. The number of anilines is 2. The van der Waals surface area contributed by atoms with E-state index >= 15 is 0 Å². The van der Waals surface area contributed by atoms with E-state index in [2.05, 4.69) is 31.9 Å². The van der Waals surface area contributed by atoms with Crippen molar-refractivity contribution in [3.8, 4) is 0 Å². The lowest BCUT2D eigenvalue weighted by Crippen LogP contribution is -2.52. The van der Waals surface area contributed by atoms with Crippen molar-refractivity contribution in [2.24, 2.45) is 0 Å². The van der Waals surface area contributed by atoms with Gasteiger partial charge in [0.15, 0.2) is 0 Å². The average molecular weight is 439 g/mol. The first-order chi connectivity index (χ1) is 15.1. The highest BCUT2D eigenvalue weighted by Crippen LogP contribution is 2.30. The van der Waals surface area contributed by atoms with Crippen LogP contribution >= 0.6 is 11.3 Å². The summed E-state index contributed by atoms with van der Waals surface area (Å²) in [5.74, 6) is -0.182. The lowest BCUT2D eigenvalue weighted by molar-refractivity contribution is 0.157. The molecule has 162 valence electrons. The van der Waals surface area contributed by atoms with Crippen molar-refractivity contribution in [2.75, 3.05) is 36.4 Å². The summed E-state index contributed by atoms with van der Waals surface area (Å²) in [6.07, 6.45) is 0. The minimum absolute atomic E-state index is 0.0595. The second-order valence-electron chi connectivity index (χ2n) is 7.69. The van der Waals surface area contributed by atoms with Gasteiger partial charge in [0, 0.05) is 42.8 Å². The van der Waals surface area contributed by atoms with Crippen LogP contribution in [0.15, 0.2) is 72.1 Å². The first-order valence-corrected chi connectivity index (χ1v) is 11.4. The third-order valence-corrected chi connectivity index (χ3v) is 6.54. The van der Waals surface area contributed by atoms with Crippen molar-refractivity contribution in [1.82, 2.24) is 10.2 Å². The molecule has 1 fully saturated rings. The zero-order valence-corrected chi connectivity index (χ0v) is 18.3. The number of para-hydroxylation sites is 2. The summed E-state index contributed by atoms with van der Waals surface area (Å²) in [5, 5.41) is 8.07. The zero-order valence-electron chi connectivity index (χ0n) is 17.5. The van der Waals surface area contributed by atoms with Crippen LogP contribution in [0.3, 0.4) is 0 Å². The maximum atomic E-state index is 14.2. The highest BCUT2D eigenvalue weighted by Gasteiger charge is 2.31. The van der Waals surface area contributed by atoms with Crippen LogP contribution in [-0.2, 0) is 0 Å². The molecule has 2 heterocycles. The van der Waals surface area contributed by atoms with Gasteiger partial charge in [-0.15, -0.1) is 11.3 Å². The normalized spacial score (nSPS) is 16.5. The second-order valence-corrected chi connectivity index (χ2v) is 8.67. The van der Waals surface area contributed by atoms with Gasteiger partial charge in [-0.05, 0) is 42.6 Å². The Hall–Kier alpha value is -2.90. The van der Waals surface area contributed by atoms with E-state index in [1.165, 1.54) is 10.9 Å². The lowest BCUT2D eigenvalue weighted by atomic mass is 10.0. The third-order valence-electron chi connectivity index (χ3n) is 5.60. The SMILES string of the molecule is CC(NC(=O)Nc1ccccc1)C(c1cccs1)N1CCN(c2ccccc2F)CC1. The van der Waals surface area contributed by atoms with Crippen LogP contribution in [-0.4, -0.2) is 43.2 Å². The number of carbonyl (C=O) groups is 1. The Morgan fingerprint density at radius 1 is 0.968 bits per heavy atom. The standard InChI is InChI=1S/C24H27FN4OS/c1-18(26-24(30)27-19-8-3-2-4-9-19)23(22-12-7-17-31-22)29-15-13-28(14-16-29)21-11-6-5-10-20(21)25/h2-12,17-18,23H,13-16H2,1H3,(H2,26,27,30). The van der Waals surface area contributed by atoms with E-state index in [0.29, 0.717) is 5.69 Å². The van der Waals surface area contributed by atoms with Crippen molar-refractivity contribution in [3.63, 3.8) is 0 Å². The number of rotatable bonds is 6. The van der Waals surface area contributed by atoms with Crippen molar-refractivity contribution in [3.05, 3.63) is 82.8 Å². The molecule has 0 spiro atoms. The summed E-state index contributed by atoms with van der Waals surface area (Å²) in [6.45, 7) is 5.11. The number of halogens is 1. The zero-order chi connectivity index (χ0) is 21.6. The van der Waals surface area contributed by atoms with Crippen molar-refractivity contribution < 1.29 is 9.18 Å². The molecule has 2 amide bonds. The molecule has 7 heteroatoms. The van der Waals surface area contributed by atoms with E-state index in [1.807, 2.05) is 55.5 Å². The minimum atomic E-state index is -0.217. The van der Waals surface area contributed by atoms with E-state index < -0.39 is 0 Å². The summed E-state index contributed by atoms with van der Waals surface area (Å²) in [6, 6.07) is 20.3. The van der Waals surface area contributed by atoms with E-state index in [1.54, 1.807) is 17.4 Å². The molecule has 1 saturated heterocycles. The minimum Gasteiger partial charge on any atom is -0.367 e. The van der Waals surface area contributed by atoms with Gasteiger partial charge in [-0.25, -0.2) is 9.18 Å². The van der Waals surface area contributed by atoms with Crippen LogP contribution in [0, 0.1) is 5.82 Å². The Morgan fingerprint density at radius 2 is 1.68 bits per heavy atom.